The summed E-state index contributed by atoms with van der Waals surface area (Å²) in [6, 6.07) is 0. The second-order valence-corrected chi connectivity index (χ2v) is 9.02. The van der Waals surface area contributed by atoms with E-state index in [1.807, 2.05) is 0 Å². The van der Waals surface area contributed by atoms with Gasteiger partial charge in [-0.3, -0.25) is 13.9 Å². The number of carbonyl (C=O) groups is 1. The van der Waals surface area contributed by atoms with Gasteiger partial charge in [0.05, 0.1) is 44.1 Å². The van der Waals surface area contributed by atoms with Crippen LogP contribution in [0.5, 0.6) is 0 Å². The predicted octanol–water partition coefficient (Wildman–Crippen LogP) is -1.22. The minimum atomic E-state index is -1.41. The van der Waals surface area contributed by atoms with Crippen molar-refractivity contribution in [1.29, 1.82) is 0 Å². The maximum Gasteiger partial charge on any atom is 0.332 e. The number of thiophene rings is 1. The van der Waals surface area contributed by atoms with Gasteiger partial charge in [0.2, 0.25) is 0 Å². The summed E-state index contributed by atoms with van der Waals surface area (Å²) < 4.78 is 2.49. The number of fused-ring (bicyclic) bond motifs is 3. The van der Waals surface area contributed by atoms with Crippen LogP contribution in [0, 0.1) is 5.92 Å². The summed E-state index contributed by atoms with van der Waals surface area (Å²) >= 11 is 1.55. The summed E-state index contributed by atoms with van der Waals surface area (Å²) in [5.74, 6) is -0.854. The van der Waals surface area contributed by atoms with Gasteiger partial charge in [0.25, 0.3) is 5.56 Å². The molecule has 1 saturated heterocycles. The van der Waals surface area contributed by atoms with Crippen molar-refractivity contribution in [2.24, 2.45) is 5.92 Å². The van der Waals surface area contributed by atoms with Crippen molar-refractivity contribution in [1.82, 2.24) is 9.13 Å². The quantitative estimate of drug-likeness (QED) is 0.692. The Kier molecular flexibility index (Phi) is 4.94. The third-order valence-corrected chi connectivity index (χ3v) is 7.22. The van der Waals surface area contributed by atoms with Gasteiger partial charge in [-0.05, 0) is 30.7 Å². The average Bonchev–Trinajstić information content (AvgIpc) is 3.25. The molecular weight excluding hydrogens is 366 g/mol. The molecule has 0 aromatic carbocycles. The van der Waals surface area contributed by atoms with E-state index in [0.717, 1.165) is 53.9 Å². The number of quaternary nitrogens is 1. The molecule has 7 nitrogen and oxygen atoms in total. The molecule has 2 aliphatic rings. The van der Waals surface area contributed by atoms with Crippen LogP contribution in [0.25, 0.3) is 10.2 Å². The standard InChI is InChI=1S/C19H25N3O4S/c1-12-4-5-13-14(10-12)27-18-16(13)17(25)22(11-15(23)24)19(26)21(18)9-8-20-6-2-3-7-20/h12H,2-11H2,1H3,(H,23,24)/t12-/m1/s1. The van der Waals surface area contributed by atoms with Gasteiger partial charge in [-0.1, -0.05) is 6.92 Å². The molecule has 0 unspecified atom stereocenters. The molecule has 0 amide bonds. The van der Waals surface area contributed by atoms with E-state index in [1.165, 1.54) is 22.6 Å². The summed E-state index contributed by atoms with van der Waals surface area (Å²) in [6.07, 6.45) is 5.15. The van der Waals surface area contributed by atoms with Crippen LogP contribution in [0.1, 0.15) is 36.6 Å². The Balaban J connectivity index is 1.86. The minimum absolute atomic E-state index is 0.476. The number of aryl methyl sites for hydroxylation is 1. The van der Waals surface area contributed by atoms with Crippen LogP contribution >= 0.6 is 11.3 Å². The molecular formula is C19H25N3O4S. The monoisotopic (exact) mass is 391 g/mol. The number of nitrogens with one attached hydrogen (secondary N) is 1. The van der Waals surface area contributed by atoms with Crippen molar-refractivity contribution in [3.05, 3.63) is 31.3 Å². The third-order valence-electron chi connectivity index (χ3n) is 5.95. The number of carboxylic acid groups (broad SMARTS) is 1. The van der Waals surface area contributed by atoms with E-state index >= 15 is 0 Å². The second kappa shape index (κ2) is 7.24. The zero-order valence-corrected chi connectivity index (χ0v) is 16.4. The van der Waals surface area contributed by atoms with Crippen LogP contribution in [-0.2, 0) is 30.7 Å². The number of hydrogen-bond acceptors (Lipinski definition) is 5. The summed E-state index contributed by atoms with van der Waals surface area (Å²) in [5, 5.41) is 11.7. The Morgan fingerprint density at radius 2 is 2.00 bits per heavy atom. The fourth-order valence-corrected chi connectivity index (χ4v) is 5.98. The molecule has 2 aromatic heterocycles. The first-order valence-corrected chi connectivity index (χ1v) is 10.6. The van der Waals surface area contributed by atoms with E-state index in [1.54, 1.807) is 15.9 Å². The predicted molar refractivity (Wildman–Crippen MR) is 101 cm³/mol. The molecule has 27 heavy (non-hydrogen) atoms. The highest BCUT2D eigenvalue weighted by Gasteiger charge is 2.26. The Morgan fingerprint density at radius 1 is 1.26 bits per heavy atom. The molecule has 1 N–H and O–H groups in total. The van der Waals surface area contributed by atoms with E-state index in [-0.39, 0.29) is 0 Å². The van der Waals surface area contributed by atoms with Crippen LogP contribution in [0.15, 0.2) is 9.59 Å². The second-order valence-electron chi connectivity index (χ2n) is 7.94. The molecule has 0 bridgehead atoms. The van der Waals surface area contributed by atoms with Gasteiger partial charge in [-0.2, -0.15) is 0 Å². The Labute approximate surface area is 160 Å². The first-order valence-electron chi connectivity index (χ1n) is 9.77. The number of likely N-dealkylation sites (tertiary alicyclic amines) is 1. The van der Waals surface area contributed by atoms with Crippen molar-refractivity contribution >= 4 is 27.5 Å². The molecule has 0 radical (unpaired) electrons. The van der Waals surface area contributed by atoms with Gasteiger partial charge in [0, 0.05) is 17.7 Å². The molecule has 8 heteroatoms. The van der Waals surface area contributed by atoms with Crippen molar-refractivity contribution in [2.45, 2.75) is 52.1 Å². The Morgan fingerprint density at radius 3 is 2.70 bits per heavy atom. The number of rotatable bonds is 5. The summed E-state index contributed by atoms with van der Waals surface area (Å²) in [7, 11) is 0. The number of carbonyl (C=O) groups excluding carboxylic acids is 1. The SMILES string of the molecule is C[C@@H]1CCc2c(sc3c2c(=O)n(CC(=O)[O-])c(=O)n3CC[NH+]2CCCC2)C1. The molecule has 1 aliphatic carbocycles. The highest BCUT2D eigenvalue weighted by molar-refractivity contribution is 7.18. The maximum atomic E-state index is 13.0. The fourth-order valence-electron chi connectivity index (χ4n) is 4.46. The van der Waals surface area contributed by atoms with Gasteiger partial charge in [-0.15, -0.1) is 11.3 Å². The van der Waals surface area contributed by atoms with Crippen LogP contribution in [-0.4, -0.2) is 34.7 Å². The molecule has 4 rings (SSSR count). The van der Waals surface area contributed by atoms with E-state index < -0.39 is 23.8 Å². The first-order chi connectivity index (χ1) is 13.0. The zero-order valence-electron chi connectivity index (χ0n) is 15.6. The van der Waals surface area contributed by atoms with Gasteiger partial charge >= 0.3 is 5.69 Å². The lowest BCUT2D eigenvalue weighted by Crippen LogP contribution is -3.10. The van der Waals surface area contributed by atoms with Gasteiger partial charge in [0.1, 0.15) is 4.83 Å². The number of carboxylic acids is 1. The van der Waals surface area contributed by atoms with Crippen LogP contribution < -0.4 is 21.3 Å². The van der Waals surface area contributed by atoms with Crippen LogP contribution in [0.2, 0.25) is 0 Å². The fraction of sp³-hybridized carbons (Fsp3) is 0.632. The molecule has 1 fully saturated rings. The van der Waals surface area contributed by atoms with Crippen LogP contribution in [0.4, 0.5) is 0 Å². The first kappa shape index (κ1) is 18.4. The zero-order chi connectivity index (χ0) is 19.1. The van der Waals surface area contributed by atoms with Gasteiger partial charge in [-0.25, -0.2) is 4.79 Å². The maximum absolute atomic E-state index is 13.0. The van der Waals surface area contributed by atoms with E-state index in [0.29, 0.717) is 17.8 Å². The Hall–Kier alpha value is -1.93. The molecule has 2 aromatic rings. The van der Waals surface area contributed by atoms with E-state index in [2.05, 4.69) is 6.92 Å². The van der Waals surface area contributed by atoms with E-state index in [4.69, 9.17) is 0 Å². The van der Waals surface area contributed by atoms with Crippen LogP contribution in [0.3, 0.4) is 0 Å². The third kappa shape index (κ3) is 3.36. The summed E-state index contributed by atoms with van der Waals surface area (Å²) in [6.45, 7) is 5.05. The molecule has 0 saturated carbocycles. The van der Waals surface area contributed by atoms with Crippen molar-refractivity contribution in [3.63, 3.8) is 0 Å². The highest BCUT2D eigenvalue weighted by atomic mass is 32.1. The molecule has 1 atom stereocenters. The lowest BCUT2D eigenvalue weighted by atomic mass is 9.89. The van der Waals surface area contributed by atoms with Crippen molar-refractivity contribution < 1.29 is 14.8 Å². The largest absolute Gasteiger partial charge is 0.548 e. The van der Waals surface area contributed by atoms with Gasteiger partial charge in [0.15, 0.2) is 0 Å². The average molecular weight is 391 g/mol. The summed E-state index contributed by atoms with van der Waals surface area (Å²) in [4.78, 5) is 40.4. The Bertz CT molecular complexity index is 997. The smallest absolute Gasteiger partial charge is 0.332 e. The van der Waals surface area contributed by atoms with Crippen molar-refractivity contribution in [2.75, 3.05) is 19.6 Å². The normalized spacial score (nSPS) is 20.3. The number of aromatic nitrogens is 2. The highest BCUT2D eigenvalue weighted by Crippen LogP contribution is 2.36. The number of hydrogen-bond donors (Lipinski definition) is 1. The number of aliphatic carboxylic acids is 1. The molecule has 3 heterocycles. The van der Waals surface area contributed by atoms with Gasteiger partial charge < -0.3 is 14.8 Å². The van der Waals surface area contributed by atoms with Crippen molar-refractivity contribution in [3.8, 4) is 0 Å². The minimum Gasteiger partial charge on any atom is -0.548 e. The summed E-state index contributed by atoms with van der Waals surface area (Å²) in [5.41, 5.74) is 0.0189. The molecule has 1 aliphatic heterocycles. The molecule has 146 valence electrons. The lowest BCUT2D eigenvalue weighted by Gasteiger charge is -2.18. The topological polar surface area (TPSA) is 88.6 Å². The van der Waals surface area contributed by atoms with E-state index in [9.17, 15) is 19.5 Å². The lowest BCUT2D eigenvalue weighted by molar-refractivity contribution is -0.888. The number of nitrogens with zero attached hydrogens (tertiary/aromatic N) is 2. The molecule has 0 spiro atoms.